The van der Waals surface area contributed by atoms with Crippen LogP contribution in [0.2, 0.25) is 0 Å². The number of nitrogens with zero attached hydrogens (tertiary/aromatic N) is 1. The van der Waals surface area contributed by atoms with E-state index in [2.05, 4.69) is 56.0 Å². The van der Waals surface area contributed by atoms with Gasteiger partial charge in [-0.2, -0.15) is 0 Å². The van der Waals surface area contributed by atoms with E-state index >= 15 is 0 Å². The Morgan fingerprint density at radius 2 is 1.61 bits per heavy atom. The number of benzene rings is 1. The van der Waals surface area contributed by atoms with Gasteiger partial charge in [0.2, 0.25) is 0 Å². The lowest BCUT2D eigenvalue weighted by Gasteiger charge is -2.42. The fraction of sp³-hybridized carbons (Fsp3) is 0.647. The summed E-state index contributed by atoms with van der Waals surface area (Å²) < 4.78 is 0. The third-order valence-corrected chi connectivity index (χ3v) is 4.10. The highest BCUT2D eigenvalue weighted by atomic mass is 15.2. The minimum Gasteiger partial charge on any atom is -0.300 e. The Kier molecular flexibility index (Phi) is 4.45. The van der Waals surface area contributed by atoms with E-state index in [1.807, 2.05) is 0 Å². The molecule has 1 fully saturated rings. The van der Waals surface area contributed by atoms with Crippen LogP contribution in [0.25, 0.3) is 0 Å². The number of rotatable bonds is 3. The van der Waals surface area contributed by atoms with Gasteiger partial charge in [0.05, 0.1) is 0 Å². The lowest BCUT2D eigenvalue weighted by atomic mass is 9.81. The highest BCUT2D eigenvalue weighted by Crippen LogP contribution is 2.29. The van der Waals surface area contributed by atoms with Gasteiger partial charge in [0.15, 0.2) is 0 Å². The Morgan fingerprint density at radius 3 is 2.17 bits per heavy atom. The molecule has 0 N–H and O–H groups in total. The van der Waals surface area contributed by atoms with Gasteiger partial charge in [0, 0.05) is 6.04 Å². The zero-order valence-electron chi connectivity index (χ0n) is 12.2. The van der Waals surface area contributed by atoms with Crippen LogP contribution in [0.4, 0.5) is 0 Å². The zero-order valence-corrected chi connectivity index (χ0v) is 12.2. The molecule has 1 nitrogen and oxygen atoms in total. The van der Waals surface area contributed by atoms with Crippen LogP contribution < -0.4 is 0 Å². The molecule has 0 radical (unpaired) electrons. The summed E-state index contributed by atoms with van der Waals surface area (Å²) in [6.45, 7) is 9.73. The first-order valence-corrected chi connectivity index (χ1v) is 7.35. The normalized spacial score (nSPS) is 19.7. The Bertz CT molecular complexity index is 344. The summed E-state index contributed by atoms with van der Waals surface area (Å²) in [6, 6.07) is 11.6. The van der Waals surface area contributed by atoms with E-state index in [-0.39, 0.29) is 0 Å². The zero-order chi connectivity index (χ0) is 13.0. The second kappa shape index (κ2) is 5.88. The maximum atomic E-state index is 2.72. The molecule has 1 aromatic rings. The van der Waals surface area contributed by atoms with Crippen molar-refractivity contribution >= 4 is 0 Å². The van der Waals surface area contributed by atoms with Gasteiger partial charge < -0.3 is 0 Å². The maximum Gasteiger partial charge on any atom is 0.0184 e. The van der Waals surface area contributed by atoms with E-state index in [0.29, 0.717) is 11.5 Å². The first-order valence-electron chi connectivity index (χ1n) is 7.35. The van der Waals surface area contributed by atoms with Crippen LogP contribution in [0.5, 0.6) is 0 Å². The summed E-state index contributed by atoms with van der Waals surface area (Å²) >= 11 is 0. The van der Waals surface area contributed by atoms with Crippen molar-refractivity contribution < 1.29 is 0 Å². The lowest BCUT2D eigenvalue weighted by molar-refractivity contribution is 0.0800. The van der Waals surface area contributed by atoms with E-state index in [0.717, 1.165) is 0 Å². The monoisotopic (exact) mass is 245 g/mol. The summed E-state index contributed by atoms with van der Waals surface area (Å²) in [7, 11) is 0. The SMILES string of the molecule is CC(C)(C)C(Cc1ccccc1)N1CCCCC1. The van der Waals surface area contributed by atoms with E-state index in [1.165, 1.54) is 44.3 Å². The predicted molar refractivity (Wildman–Crippen MR) is 78.8 cm³/mol. The van der Waals surface area contributed by atoms with Crippen molar-refractivity contribution in [2.24, 2.45) is 5.41 Å². The predicted octanol–water partition coefficient (Wildman–Crippen LogP) is 4.13. The van der Waals surface area contributed by atoms with Gasteiger partial charge in [-0.25, -0.2) is 0 Å². The van der Waals surface area contributed by atoms with Gasteiger partial charge in [-0.05, 0) is 43.3 Å². The van der Waals surface area contributed by atoms with E-state index < -0.39 is 0 Å². The van der Waals surface area contributed by atoms with Gasteiger partial charge in [0.25, 0.3) is 0 Å². The number of likely N-dealkylation sites (tertiary alicyclic amines) is 1. The van der Waals surface area contributed by atoms with E-state index in [1.54, 1.807) is 0 Å². The molecular formula is C17H27N. The second-order valence-corrected chi connectivity index (χ2v) is 6.67. The summed E-state index contributed by atoms with van der Waals surface area (Å²) in [6.07, 6.45) is 5.35. The molecule has 100 valence electrons. The molecule has 18 heavy (non-hydrogen) atoms. The second-order valence-electron chi connectivity index (χ2n) is 6.67. The van der Waals surface area contributed by atoms with Crippen molar-refractivity contribution in [3.05, 3.63) is 35.9 Å². The first kappa shape index (κ1) is 13.6. The average Bonchev–Trinajstić information content (AvgIpc) is 2.37. The maximum absolute atomic E-state index is 2.72. The van der Waals surface area contributed by atoms with Crippen molar-refractivity contribution in [3.8, 4) is 0 Å². The molecule has 1 heterocycles. The van der Waals surface area contributed by atoms with Crippen molar-refractivity contribution in [1.82, 2.24) is 4.90 Å². The van der Waals surface area contributed by atoms with Crippen LogP contribution in [0.1, 0.15) is 45.6 Å². The topological polar surface area (TPSA) is 3.24 Å². The summed E-state index contributed by atoms with van der Waals surface area (Å²) in [5.41, 5.74) is 1.83. The van der Waals surface area contributed by atoms with E-state index in [4.69, 9.17) is 0 Å². The molecule has 0 aliphatic carbocycles. The highest BCUT2D eigenvalue weighted by Gasteiger charge is 2.30. The van der Waals surface area contributed by atoms with Crippen LogP contribution >= 0.6 is 0 Å². The first-order chi connectivity index (χ1) is 8.57. The highest BCUT2D eigenvalue weighted by molar-refractivity contribution is 5.16. The van der Waals surface area contributed by atoms with Crippen molar-refractivity contribution in [1.29, 1.82) is 0 Å². The molecular weight excluding hydrogens is 218 g/mol. The third kappa shape index (κ3) is 3.58. The van der Waals surface area contributed by atoms with Gasteiger partial charge in [-0.3, -0.25) is 4.90 Å². The van der Waals surface area contributed by atoms with Gasteiger partial charge in [-0.1, -0.05) is 57.5 Å². The Hall–Kier alpha value is -0.820. The molecule has 0 bridgehead atoms. The molecule has 0 aromatic heterocycles. The Labute approximate surface area is 112 Å². The minimum absolute atomic E-state index is 0.354. The van der Waals surface area contributed by atoms with Crippen LogP contribution in [0.15, 0.2) is 30.3 Å². The molecule has 1 aromatic carbocycles. The third-order valence-electron chi connectivity index (χ3n) is 4.10. The summed E-state index contributed by atoms with van der Waals surface area (Å²) in [5, 5.41) is 0. The quantitative estimate of drug-likeness (QED) is 0.774. The van der Waals surface area contributed by atoms with Crippen molar-refractivity contribution in [2.75, 3.05) is 13.1 Å². The Balaban J connectivity index is 2.10. The number of hydrogen-bond acceptors (Lipinski definition) is 1. The van der Waals surface area contributed by atoms with Crippen LogP contribution in [-0.4, -0.2) is 24.0 Å². The van der Waals surface area contributed by atoms with Gasteiger partial charge >= 0.3 is 0 Å². The molecule has 0 saturated carbocycles. The van der Waals surface area contributed by atoms with E-state index in [9.17, 15) is 0 Å². The largest absolute Gasteiger partial charge is 0.300 e. The van der Waals surface area contributed by atoms with Crippen LogP contribution in [0.3, 0.4) is 0 Å². The Morgan fingerprint density at radius 1 is 1.00 bits per heavy atom. The summed E-state index contributed by atoms with van der Waals surface area (Å²) in [5.74, 6) is 0. The van der Waals surface area contributed by atoms with Crippen LogP contribution in [-0.2, 0) is 6.42 Å². The molecule has 0 spiro atoms. The van der Waals surface area contributed by atoms with Gasteiger partial charge in [0.1, 0.15) is 0 Å². The molecule has 1 unspecified atom stereocenters. The fourth-order valence-electron chi connectivity index (χ4n) is 3.05. The molecule has 1 aliphatic rings. The molecule has 1 aliphatic heterocycles. The standard InChI is InChI=1S/C17H27N/c1-17(2,3)16(18-12-8-5-9-13-18)14-15-10-6-4-7-11-15/h4,6-7,10-11,16H,5,8-9,12-14H2,1-3H3. The van der Waals surface area contributed by atoms with Gasteiger partial charge in [-0.15, -0.1) is 0 Å². The molecule has 1 heteroatoms. The summed E-state index contributed by atoms with van der Waals surface area (Å²) in [4.78, 5) is 2.72. The van der Waals surface area contributed by atoms with Crippen LogP contribution in [0, 0.1) is 5.41 Å². The smallest absolute Gasteiger partial charge is 0.0184 e. The number of piperidine rings is 1. The lowest BCUT2D eigenvalue weighted by Crippen LogP contribution is -2.47. The molecule has 1 saturated heterocycles. The minimum atomic E-state index is 0.354. The molecule has 0 amide bonds. The van der Waals surface area contributed by atoms with Crippen molar-refractivity contribution in [3.63, 3.8) is 0 Å². The fourth-order valence-corrected chi connectivity index (χ4v) is 3.05. The molecule has 1 atom stereocenters. The molecule has 2 rings (SSSR count). The number of hydrogen-bond donors (Lipinski definition) is 0. The average molecular weight is 245 g/mol. The van der Waals surface area contributed by atoms with Crippen molar-refractivity contribution in [2.45, 2.75) is 52.5 Å².